The number of fused-ring (bicyclic) bond motifs is 7. The summed E-state index contributed by atoms with van der Waals surface area (Å²) in [6.07, 6.45) is 6.51. The number of benzene rings is 3. The summed E-state index contributed by atoms with van der Waals surface area (Å²) in [5.41, 5.74) is 7.83. The Morgan fingerprint density at radius 3 is 2.57 bits per heavy atom. The minimum Gasteiger partial charge on any atom is -0.456 e. The monoisotopic (exact) mass is 294 g/mol. The molecule has 1 heteroatoms. The lowest BCUT2D eigenvalue weighted by Gasteiger charge is -2.07. The highest BCUT2D eigenvalue weighted by atomic mass is 16.3. The predicted molar refractivity (Wildman–Crippen MR) is 95.5 cm³/mol. The van der Waals surface area contributed by atoms with Gasteiger partial charge in [-0.15, -0.1) is 0 Å². The van der Waals surface area contributed by atoms with Crippen LogP contribution in [0.2, 0.25) is 0 Å². The van der Waals surface area contributed by atoms with Crippen molar-refractivity contribution in [3.05, 3.63) is 65.9 Å². The third-order valence-corrected chi connectivity index (χ3v) is 5.28. The van der Waals surface area contributed by atoms with Crippen LogP contribution in [0.5, 0.6) is 0 Å². The van der Waals surface area contributed by atoms with Gasteiger partial charge in [-0.05, 0) is 58.5 Å². The van der Waals surface area contributed by atoms with Gasteiger partial charge in [0, 0.05) is 16.5 Å². The molecular weight excluding hydrogens is 280 g/mol. The molecule has 3 aromatic carbocycles. The second-order valence-electron chi connectivity index (χ2n) is 6.46. The fraction of sp³-hybridized carbons (Fsp3) is 0.0909. The minimum absolute atomic E-state index is 1.02. The molecular formula is C22H14O. The molecule has 0 bridgehead atoms. The molecule has 0 saturated carbocycles. The Hall–Kier alpha value is -2.80. The van der Waals surface area contributed by atoms with E-state index in [0.29, 0.717) is 0 Å². The van der Waals surface area contributed by atoms with Gasteiger partial charge in [-0.2, -0.15) is 0 Å². The van der Waals surface area contributed by atoms with E-state index in [1.165, 1.54) is 44.0 Å². The molecule has 1 heterocycles. The van der Waals surface area contributed by atoms with Crippen LogP contribution in [0.4, 0.5) is 0 Å². The maximum absolute atomic E-state index is 6.12. The molecule has 0 aliphatic heterocycles. The van der Waals surface area contributed by atoms with Crippen molar-refractivity contribution in [2.24, 2.45) is 0 Å². The van der Waals surface area contributed by atoms with Crippen LogP contribution in [0, 0.1) is 0 Å². The first-order valence-corrected chi connectivity index (χ1v) is 8.19. The van der Waals surface area contributed by atoms with Crippen LogP contribution in [-0.2, 0) is 6.42 Å². The molecule has 108 valence electrons. The highest BCUT2D eigenvalue weighted by Gasteiger charge is 2.27. The van der Waals surface area contributed by atoms with E-state index in [9.17, 15) is 0 Å². The zero-order chi connectivity index (χ0) is 15.0. The van der Waals surface area contributed by atoms with E-state index < -0.39 is 0 Å². The topological polar surface area (TPSA) is 13.1 Å². The number of furan rings is 1. The first kappa shape index (κ1) is 11.7. The zero-order valence-corrected chi connectivity index (χ0v) is 12.6. The van der Waals surface area contributed by atoms with Gasteiger partial charge < -0.3 is 4.42 Å². The van der Waals surface area contributed by atoms with E-state index in [1.54, 1.807) is 0 Å². The lowest BCUT2D eigenvalue weighted by atomic mass is 9.93. The molecule has 23 heavy (non-hydrogen) atoms. The van der Waals surface area contributed by atoms with Gasteiger partial charge in [-0.3, -0.25) is 0 Å². The predicted octanol–water partition coefficient (Wildman–Crippen LogP) is 6.19. The summed E-state index contributed by atoms with van der Waals surface area (Å²) in [6.45, 7) is 0. The Kier molecular flexibility index (Phi) is 2.01. The standard InChI is InChI=1S/C22H14O/c1-2-10-18-16(7-1)22-19(23-18)12-11-15-14-8-3-5-13-6-4-9-17(20(13)14)21(15)22/h2-6,8-12H,1,7H2. The molecule has 6 rings (SSSR count). The van der Waals surface area contributed by atoms with E-state index in [0.717, 1.165) is 24.2 Å². The molecule has 0 fully saturated rings. The van der Waals surface area contributed by atoms with Crippen molar-refractivity contribution in [1.29, 1.82) is 0 Å². The van der Waals surface area contributed by atoms with Gasteiger partial charge in [-0.25, -0.2) is 0 Å². The van der Waals surface area contributed by atoms with Crippen LogP contribution in [0.25, 0.3) is 50.1 Å². The SMILES string of the molecule is C1=Cc2oc3ccc4c(c3c2CC1)-c1cccc2cccc-4c12. The smallest absolute Gasteiger partial charge is 0.135 e. The van der Waals surface area contributed by atoms with E-state index >= 15 is 0 Å². The largest absolute Gasteiger partial charge is 0.456 e. The van der Waals surface area contributed by atoms with Gasteiger partial charge in [0.1, 0.15) is 11.3 Å². The second kappa shape index (κ2) is 3.94. The lowest BCUT2D eigenvalue weighted by molar-refractivity contribution is 0.595. The summed E-state index contributed by atoms with van der Waals surface area (Å²) in [7, 11) is 0. The quantitative estimate of drug-likeness (QED) is 0.332. The van der Waals surface area contributed by atoms with Crippen LogP contribution in [0.1, 0.15) is 17.7 Å². The average Bonchev–Trinajstić information content (AvgIpc) is 3.13. The van der Waals surface area contributed by atoms with Crippen molar-refractivity contribution in [1.82, 2.24) is 0 Å². The fourth-order valence-corrected chi connectivity index (χ4v) is 4.35. The molecule has 0 saturated heterocycles. The maximum atomic E-state index is 6.12. The van der Waals surface area contributed by atoms with Gasteiger partial charge in [0.15, 0.2) is 0 Å². The van der Waals surface area contributed by atoms with Gasteiger partial charge >= 0.3 is 0 Å². The van der Waals surface area contributed by atoms with Crippen molar-refractivity contribution in [2.45, 2.75) is 12.8 Å². The van der Waals surface area contributed by atoms with Crippen LogP contribution in [-0.4, -0.2) is 0 Å². The summed E-state index contributed by atoms with van der Waals surface area (Å²) < 4.78 is 6.12. The molecule has 1 aromatic heterocycles. The number of aryl methyl sites for hydroxylation is 1. The van der Waals surface area contributed by atoms with Crippen molar-refractivity contribution in [3.63, 3.8) is 0 Å². The fourth-order valence-electron chi connectivity index (χ4n) is 4.35. The third kappa shape index (κ3) is 1.34. The van der Waals surface area contributed by atoms with E-state index in [4.69, 9.17) is 4.42 Å². The Balaban J connectivity index is 1.86. The normalized spacial score (nSPS) is 14.4. The van der Waals surface area contributed by atoms with Gasteiger partial charge in [0.25, 0.3) is 0 Å². The van der Waals surface area contributed by atoms with E-state index in [-0.39, 0.29) is 0 Å². The summed E-state index contributed by atoms with van der Waals surface area (Å²) in [5.74, 6) is 1.04. The second-order valence-corrected chi connectivity index (χ2v) is 6.46. The summed E-state index contributed by atoms with van der Waals surface area (Å²) in [6, 6.07) is 17.6. The molecule has 0 spiro atoms. The molecule has 1 nitrogen and oxygen atoms in total. The van der Waals surface area contributed by atoms with Crippen molar-refractivity contribution < 1.29 is 4.42 Å². The Morgan fingerprint density at radius 1 is 0.783 bits per heavy atom. The summed E-state index contributed by atoms with van der Waals surface area (Å²) in [5, 5.41) is 4.03. The number of hydrogen-bond donors (Lipinski definition) is 0. The summed E-state index contributed by atoms with van der Waals surface area (Å²) >= 11 is 0. The van der Waals surface area contributed by atoms with Crippen LogP contribution < -0.4 is 0 Å². The minimum atomic E-state index is 1.02. The molecule has 4 aromatic rings. The molecule has 0 N–H and O–H groups in total. The van der Waals surface area contributed by atoms with Crippen LogP contribution >= 0.6 is 0 Å². The lowest BCUT2D eigenvalue weighted by Crippen LogP contribution is -1.90. The average molecular weight is 294 g/mol. The number of hydrogen-bond acceptors (Lipinski definition) is 1. The summed E-state index contributed by atoms with van der Waals surface area (Å²) in [4.78, 5) is 0. The van der Waals surface area contributed by atoms with Gasteiger partial charge in [-0.1, -0.05) is 42.5 Å². The molecule has 2 aliphatic carbocycles. The molecule has 0 amide bonds. The highest BCUT2D eigenvalue weighted by Crippen LogP contribution is 2.51. The first-order valence-electron chi connectivity index (χ1n) is 8.19. The van der Waals surface area contributed by atoms with Gasteiger partial charge in [0.2, 0.25) is 0 Å². The molecule has 0 unspecified atom stereocenters. The highest BCUT2D eigenvalue weighted by molar-refractivity contribution is 6.21. The Bertz CT molecular complexity index is 1150. The van der Waals surface area contributed by atoms with Crippen LogP contribution in [0.15, 0.2) is 59.0 Å². The maximum Gasteiger partial charge on any atom is 0.135 e. The van der Waals surface area contributed by atoms with E-state index in [2.05, 4.69) is 60.7 Å². The van der Waals surface area contributed by atoms with Crippen molar-refractivity contribution in [2.75, 3.05) is 0 Å². The Morgan fingerprint density at radius 2 is 1.65 bits per heavy atom. The van der Waals surface area contributed by atoms with Gasteiger partial charge in [0.05, 0.1) is 0 Å². The Labute approximate surface area is 133 Å². The van der Waals surface area contributed by atoms with E-state index in [1.807, 2.05) is 0 Å². The van der Waals surface area contributed by atoms with Crippen molar-refractivity contribution in [3.8, 4) is 22.3 Å². The molecule has 0 radical (unpaired) electrons. The van der Waals surface area contributed by atoms with Crippen LogP contribution in [0.3, 0.4) is 0 Å². The molecule has 0 atom stereocenters. The zero-order valence-electron chi connectivity index (χ0n) is 12.6. The third-order valence-electron chi connectivity index (χ3n) is 5.28. The van der Waals surface area contributed by atoms with Crippen molar-refractivity contribution >= 4 is 27.8 Å². The molecule has 2 aliphatic rings. The number of rotatable bonds is 0. The number of allylic oxidation sites excluding steroid dienone is 1. The first-order chi connectivity index (χ1) is 11.4.